The highest BCUT2D eigenvalue weighted by molar-refractivity contribution is 9.10. The Hall–Kier alpha value is -1.86. The summed E-state index contributed by atoms with van der Waals surface area (Å²) in [5.74, 6) is 0.268. The first kappa shape index (κ1) is 22.8. The van der Waals surface area contributed by atoms with Gasteiger partial charge in [-0.15, -0.1) is 0 Å². The van der Waals surface area contributed by atoms with Crippen LogP contribution in [0.2, 0.25) is 0 Å². The molecule has 0 aromatic heterocycles. The van der Waals surface area contributed by atoms with Crippen LogP contribution in [0.5, 0.6) is 5.75 Å². The van der Waals surface area contributed by atoms with Crippen LogP contribution in [0, 0.1) is 0 Å². The van der Waals surface area contributed by atoms with Gasteiger partial charge in [0.25, 0.3) is 5.91 Å². The number of nitrogens with zero attached hydrogens (tertiary/aromatic N) is 1. The largest absolute Gasteiger partial charge is 0.484 e. The molecule has 30 heavy (non-hydrogen) atoms. The highest BCUT2D eigenvalue weighted by Crippen LogP contribution is 2.20. The number of benzene rings is 2. The van der Waals surface area contributed by atoms with Crippen LogP contribution in [-0.4, -0.2) is 35.4 Å². The van der Waals surface area contributed by atoms with E-state index in [4.69, 9.17) is 4.74 Å². The first-order valence-electron chi connectivity index (χ1n) is 10.1. The van der Waals surface area contributed by atoms with Gasteiger partial charge in [0, 0.05) is 21.5 Å². The zero-order valence-corrected chi connectivity index (χ0v) is 20.1. The van der Waals surface area contributed by atoms with Gasteiger partial charge in [0.15, 0.2) is 6.61 Å². The average Bonchev–Trinajstić information content (AvgIpc) is 3.25. The zero-order chi connectivity index (χ0) is 21.5. The summed E-state index contributed by atoms with van der Waals surface area (Å²) < 4.78 is 7.58. The van der Waals surface area contributed by atoms with Crippen molar-refractivity contribution in [3.63, 3.8) is 0 Å². The number of rotatable bonds is 8. The highest BCUT2D eigenvalue weighted by atomic mass is 79.9. The van der Waals surface area contributed by atoms with Crippen LogP contribution in [0.4, 0.5) is 0 Å². The SMILES string of the molecule is C[C@H](C(=O)NC1CCCC1)N(Cc1ccc(Br)cc1)C(=O)COc1ccc(Br)cc1. The highest BCUT2D eigenvalue weighted by Gasteiger charge is 2.28. The van der Waals surface area contributed by atoms with E-state index < -0.39 is 6.04 Å². The summed E-state index contributed by atoms with van der Waals surface area (Å²) in [6.07, 6.45) is 4.29. The van der Waals surface area contributed by atoms with Gasteiger partial charge < -0.3 is 15.0 Å². The molecule has 160 valence electrons. The number of amides is 2. The predicted molar refractivity (Wildman–Crippen MR) is 124 cm³/mol. The van der Waals surface area contributed by atoms with E-state index in [9.17, 15) is 9.59 Å². The van der Waals surface area contributed by atoms with Gasteiger partial charge in [0.2, 0.25) is 5.91 Å². The Bertz CT molecular complexity index is 850. The average molecular weight is 538 g/mol. The normalized spacial score (nSPS) is 14.9. The smallest absolute Gasteiger partial charge is 0.261 e. The van der Waals surface area contributed by atoms with Gasteiger partial charge in [-0.2, -0.15) is 0 Å². The van der Waals surface area contributed by atoms with E-state index in [1.807, 2.05) is 36.4 Å². The summed E-state index contributed by atoms with van der Waals surface area (Å²) in [5, 5.41) is 3.10. The van der Waals surface area contributed by atoms with Gasteiger partial charge in [-0.3, -0.25) is 9.59 Å². The van der Waals surface area contributed by atoms with Gasteiger partial charge in [-0.25, -0.2) is 0 Å². The van der Waals surface area contributed by atoms with Crippen LogP contribution < -0.4 is 10.1 Å². The quantitative estimate of drug-likeness (QED) is 0.511. The van der Waals surface area contributed by atoms with E-state index in [0.717, 1.165) is 40.2 Å². The topological polar surface area (TPSA) is 58.6 Å². The van der Waals surface area contributed by atoms with Gasteiger partial charge in [-0.05, 0) is 61.7 Å². The van der Waals surface area contributed by atoms with Gasteiger partial charge in [-0.1, -0.05) is 56.8 Å². The molecule has 1 atom stereocenters. The van der Waals surface area contributed by atoms with Gasteiger partial charge in [0.1, 0.15) is 11.8 Å². The van der Waals surface area contributed by atoms with E-state index in [-0.39, 0.29) is 24.5 Å². The molecule has 7 heteroatoms. The summed E-state index contributed by atoms with van der Waals surface area (Å²) in [6.45, 7) is 1.99. The molecule has 1 aliphatic rings. The molecule has 2 aromatic rings. The van der Waals surface area contributed by atoms with Crippen LogP contribution in [0.15, 0.2) is 57.5 Å². The lowest BCUT2D eigenvalue weighted by Gasteiger charge is -2.29. The van der Waals surface area contributed by atoms with Crippen molar-refractivity contribution >= 4 is 43.7 Å². The fraction of sp³-hybridized carbons (Fsp3) is 0.391. The van der Waals surface area contributed by atoms with Crippen LogP contribution >= 0.6 is 31.9 Å². The molecule has 0 bridgehead atoms. The number of hydrogen-bond acceptors (Lipinski definition) is 3. The number of ether oxygens (including phenoxy) is 1. The Morgan fingerprint density at radius 3 is 2.20 bits per heavy atom. The van der Waals surface area contributed by atoms with E-state index in [1.54, 1.807) is 24.0 Å². The van der Waals surface area contributed by atoms with Gasteiger partial charge in [0.05, 0.1) is 0 Å². The molecule has 0 heterocycles. The fourth-order valence-electron chi connectivity index (χ4n) is 3.52. The fourth-order valence-corrected chi connectivity index (χ4v) is 4.05. The second-order valence-electron chi connectivity index (χ2n) is 7.56. The number of hydrogen-bond donors (Lipinski definition) is 1. The molecule has 2 amide bonds. The molecule has 0 saturated heterocycles. The molecular formula is C23H26Br2N2O3. The van der Waals surface area contributed by atoms with Crippen LogP contribution in [0.1, 0.15) is 38.2 Å². The van der Waals surface area contributed by atoms with E-state index in [0.29, 0.717) is 12.3 Å². The molecule has 1 aliphatic carbocycles. The molecule has 0 spiro atoms. The first-order chi connectivity index (χ1) is 14.4. The minimum absolute atomic E-state index is 0.115. The molecule has 1 fully saturated rings. The molecule has 0 aliphatic heterocycles. The molecular weight excluding hydrogens is 512 g/mol. The molecule has 2 aromatic carbocycles. The minimum atomic E-state index is -0.588. The van der Waals surface area contributed by atoms with Crippen molar-refractivity contribution in [2.45, 2.75) is 51.2 Å². The summed E-state index contributed by atoms with van der Waals surface area (Å²) in [4.78, 5) is 27.5. The summed E-state index contributed by atoms with van der Waals surface area (Å²) in [5.41, 5.74) is 0.954. The van der Waals surface area contributed by atoms with Crippen molar-refractivity contribution in [2.75, 3.05) is 6.61 Å². The van der Waals surface area contributed by atoms with Crippen molar-refractivity contribution in [1.29, 1.82) is 0 Å². The number of carbonyl (C=O) groups is 2. The van der Waals surface area contributed by atoms with Crippen LogP contribution in [0.3, 0.4) is 0 Å². The Kier molecular flexibility index (Phi) is 8.33. The van der Waals surface area contributed by atoms with Crippen molar-refractivity contribution < 1.29 is 14.3 Å². The third kappa shape index (κ3) is 6.57. The van der Waals surface area contributed by atoms with Crippen molar-refractivity contribution in [3.8, 4) is 5.75 Å². The zero-order valence-electron chi connectivity index (χ0n) is 16.9. The summed E-state index contributed by atoms with van der Waals surface area (Å²) in [7, 11) is 0. The predicted octanol–water partition coefficient (Wildman–Crippen LogP) is 5.07. The van der Waals surface area contributed by atoms with Crippen molar-refractivity contribution in [3.05, 3.63) is 63.0 Å². The molecule has 1 saturated carbocycles. The Morgan fingerprint density at radius 2 is 1.60 bits per heavy atom. The molecule has 1 N–H and O–H groups in total. The van der Waals surface area contributed by atoms with E-state index in [1.165, 1.54) is 0 Å². The third-order valence-corrected chi connectivity index (χ3v) is 6.37. The molecule has 5 nitrogen and oxygen atoms in total. The summed E-state index contributed by atoms with van der Waals surface area (Å²) >= 11 is 6.81. The molecule has 0 unspecified atom stereocenters. The number of carbonyl (C=O) groups excluding carboxylic acids is 2. The number of halogens is 2. The molecule has 3 rings (SSSR count). The van der Waals surface area contributed by atoms with E-state index >= 15 is 0 Å². The Labute approximate surface area is 194 Å². The standard InChI is InChI=1S/C23H26Br2N2O3/c1-16(23(29)26-20-4-2-3-5-20)27(14-17-6-8-18(24)9-7-17)22(28)15-30-21-12-10-19(25)11-13-21/h6-13,16,20H,2-5,14-15H2,1H3,(H,26,29)/t16-/m1/s1. The molecule has 0 radical (unpaired) electrons. The number of nitrogens with one attached hydrogen (secondary N) is 1. The maximum atomic E-state index is 13.0. The monoisotopic (exact) mass is 536 g/mol. The Balaban J connectivity index is 1.69. The van der Waals surface area contributed by atoms with Crippen molar-refractivity contribution in [1.82, 2.24) is 10.2 Å². The second-order valence-corrected chi connectivity index (χ2v) is 9.39. The van der Waals surface area contributed by atoms with E-state index in [2.05, 4.69) is 37.2 Å². The van der Waals surface area contributed by atoms with Crippen LogP contribution in [-0.2, 0) is 16.1 Å². The Morgan fingerprint density at radius 1 is 1.03 bits per heavy atom. The lowest BCUT2D eigenvalue weighted by atomic mass is 10.1. The minimum Gasteiger partial charge on any atom is -0.484 e. The van der Waals surface area contributed by atoms with Crippen LogP contribution in [0.25, 0.3) is 0 Å². The maximum Gasteiger partial charge on any atom is 0.261 e. The maximum absolute atomic E-state index is 13.0. The summed E-state index contributed by atoms with van der Waals surface area (Å²) in [6, 6.07) is 14.7. The van der Waals surface area contributed by atoms with Crippen molar-refractivity contribution in [2.24, 2.45) is 0 Å². The second kappa shape index (κ2) is 11.0. The van der Waals surface area contributed by atoms with Gasteiger partial charge >= 0.3 is 0 Å². The third-order valence-electron chi connectivity index (χ3n) is 5.31. The first-order valence-corrected chi connectivity index (χ1v) is 11.7. The lowest BCUT2D eigenvalue weighted by molar-refractivity contribution is -0.142. The lowest BCUT2D eigenvalue weighted by Crippen LogP contribution is -2.50.